The molecule has 0 bridgehead atoms. The van der Waals surface area contributed by atoms with Crippen molar-refractivity contribution < 1.29 is 0 Å². The van der Waals surface area contributed by atoms with Gasteiger partial charge in [-0.15, -0.1) is 0 Å². The van der Waals surface area contributed by atoms with E-state index < -0.39 is 0 Å². The molecule has 0 aliphatic heterocycles. The maximum atomic E-state index is 5.66. The molecule has 16 heavy (non-hydrogen) atoms. The van der Waals surface area contributed by atoms with Crippen molar-refractivity contribution in [3.05, 3.63) is 36.2 Å². The Morgan fingerprint density at radius 1 is 1.06 bits per heavy atom. The first-order valence-corrected chi connectivity index (χ1v) is 5.35. The van der Waals surface area contributed by atoms with Crippen molar-refractivity contribution in [3.63, 3.8) is 0 Å². The van der Waals surface area contributed by atoms with Crippen LogP contribution in [0, 0.1) is 0 Å². The highest BCUT2D eigenvalue weighted by atomic mass is 15.1. The predicted molar refractivity (Wildman–Crippen MR) is 63.7 cm³/mol. The third-order valence-electron chi connectivity index (χ3n) is 2.20. The number of hydrogen-bond donors (Lipinski definition) is 1. The van der Waals surface area contributed by atoms with Gasteiger partial charge < -0.3 is 5.73 Å². The van der Waals surface area contributed by atoms with Gasteiger partial charge in [-0.25, -0.2) is 4.98 Å². The lowest BCUT2D eigenvalue weighted by Gasteiger charge is -2.03. The van der Waals surface area contributed by atoms with Crippen molar-refractivity contribution >= 4 is 5.95 Å². The van der Waals surface area contributed by atoms with Crippen LogP contribution in [0.25, 0.3) is 11.4 Å². The summed E-state index contributed by atoms with van der Waals surface area (Å²) in [5.41, 5.74) is 6.63. The normalized spacial score (nSPS) is 10.3. The van der Waals surface area contributed by atoms with Crippen LogP contribution in [0.2, 0.25) is 0 Å². The average Bonchev–Trinajstić information content (AvgIpc) is 2.30. The number of hydrogen-bond acceptors (Lipinski definition) is 4. The van der Waals surface area contributed by atoms with E-state index in [1.54, 1.807) is 0 Å². The molecule has 0 amide bonds. The van der Waals surface area contributed by atoms with E-state index in [0.717, 1.165) is 24.2 Å². The van der Waals surface area contributed by atoms with Crippen LogP contribution in [0.1, 0.15) is 19.2 Å². The first-order chi connectivity index (χ1) is 7.79. The van der Waals surface area contributed by atoms with Crippen LogP contribution in [0.5, 0.6) is 0 Å². The van der Waals surface area contributed by atoms with E-state index in [-0.39, 0.29) is 5.95 Å². The van der Waals surface area contributed by atoms with Crippen LogP contribution < -0.4 is 5.73 Å². The Bertz CT molecular complexity index is 468. The second-order valence-corrected chi connectivity index (χ2v) is 3.55. The molecule has 0 fully saturated rings. The molecule has 0 saturated carbocycles. The molecular weight excluding hydrogens is 200 g/mol. The topological polar surface area (TPSA) is 64.7 Å². The van der Waals surface area contributed by atoms with Gasteiger partial charge in [0, 0.05) is 12.0 Å². The molecule has 1 aromatic carbocycles. The maximum Gasteiger partial charge on any atom is 0.223 e. The van der Waals surface area contributed by atoms with Gasteiger partial charge in [-0.1, -0.05) is 37.3 Å². The first-order valence-electron chi connectivity index (χ1n) is 5.35. The minimum atomic E-state index is 0.289. The van der Waals surface area contributed by atoms with Gasteiger partial charge in [-0.2, -0.15) is 9.97 Å². The monoisotopic (exact) mass is 214 g/mol. The van der Waals surface area contributed by atoms with Crippen LogP contribution in [0.4, 0.5) is 5.95 Å². The number of benzene rings is 1. The van der Waals surface area contributed by atoms with Crippen LogP contribution in [0.15, 0.2) is 30.3 Å². The van der Waals surface area contributed by atoms with E-state index in [1.165, 1.54) is 0 Å². The fourth-order valence-electron chi connectivity index (χ4n) is 1.49. The Kier molecular flexibility index (Phi) is 3.10. The zero-order valence-electron chi connectivity index (χ0n) is 9.22. The van der Waals surface area contributed by atoms with E-state index in [9.17, 15) is 0 Å². The number of anilines is 1. The molecule has 2 aromatic rings. The molecule has 0 saturated heterocycles. The van der Waals surface area contributed by atoms with Crippen molar-refractivity contribution in [1.29, 1.82) is 0 Å². The Morgan fingerprint density at radius 3 is 2.50 bits per heavy atom. The molecule has 2 rings (SSSR count). The molecule has 0 radical (unpaired) electrons. The van der Waals surface area contributed by atoms with Gasteiger partial charge in [0.1, 0.15) is 5.82 Å². The number of aryl methyl sites for hydroxylation is 1. The standard InChI is InChI=1S/C12H14N4/c1-2-6-10-14-11(16-12(13)15-10)9-7-4-3-5-8-9/h3-5,7-8H,2,6H2,1H3,(H2,13,14,15,16). The molecule has 0 spiro atoms. The van der Waals surface area contributed by atoms with Crippen LogP contribution in [-0.2, 0) is 6.42 Å². The summed E-state index contributed by atoms with van der Waals surface area (Å²) in [6, 6.07) is 9.79. The smallest absolute Gasteiger partial charge is 0.223 e. The molecule has 0 unspecified atom stereocenters. The molecule has 0 aliphatic carbocycles. The molecule has 4 heteroatoms. The van der Waals surface area contributed by atoms with Crippen LogP contribution in [0.3, 0.4) is 0 Å². The number of nitrogen functional groups attached to an aromatic ring is 1. The molecule has 1 aromatic heterocycles. The minimum Gasteiger partial charge on any atom is -0.368 e. The summed E-state index contributed by atoms with van der Waals surface area (Å²) in [5, 5.41) is 0. The summed E-state index contributed by atoms with van der Waals surface area (Å²) in [5.74, 6) is 1.70. The molecule has 2 N–H and O–H groups in total. The van der Waals surface area contributed by atoms with Crippen molar-refractivity contribution in [3.8, 4) is 11.4 Å². The van der Waals surface area contributed by atoms with Crippen LogP contribution in [-0.4, -0.2) is 15.0 Å². The van der Waals surface area contributed by atoms with Crippen LogP contribution >= 0.6 is 0 Å². The predicted octanol–water partition coefficient (Wildman–Crippen LogP) is 2.07. The summed E-state index contributed by atoms with van der Waals surface area (Å²) < 4.78 is 0. The fourth-order valence-corrected chi connectivity index (χ4v) is 1.49. The van der Waals surface area contributed by atoms with Crippen molar-refractivity contribution in [2.45, 2.75) is 19.8 Å². The van der Waals surface area contributed by atoms with Crippen molar-refractivity contribution in [1.82, 2.24) is 15.0 Å². The Morgan fingerprint density at radius 2 is 1.81 bits per heavy atom. The SMILES string of the molecule is CCCc1nc(N)nc(-c2ccccc2)n1. The molecular formula is C12H14N4. The minimum absolute atomic E-state index is 0.289. The zero-order valence-corrected chi connectivity index (χ0v) is 9.22. The molecule has 4 nitrogen and oxygen atoms in total. The lowest BCUT2D eigenvalue weighted by molar-refractivity contribution is 0.825. The van der Waals surface area contributed by atoms with E-state index in [0.29, 0.717) is 5.82 Å². The van der Waals surface area contributed by atoms with Gasteiger partial charge in [0.15, 0.2) is 5.82 Å². The number of rotatable bonds is 3. The number of aromatic nitrogens is 3. The lowest BCUT2D eigenvalue weighted by atomic mass is 10.2. The quantitative estimate of drug-likeness (QED) is 0.849. The highest BCUT2D eigenvalue weighted by Gasteiger charge is 2.05. The van der Waals surface area contributed by atoms with E-state index in [2.05, 4.69) is 21.9 Å². The summed E-state index contributed by atoms with van der Waals surface area (Å²) in [4.78, 5) is 12.6. The zero-order chi connectivity index (χ0) is 11.4. The summed E-state index contributed by atoms with van der Waals surface area (Å²) in [7, 11) is 0. The Hall–Kier alpha value is -1.97. The molecule has 0 atom stereocenters. The third kappa shape index (κ3) is 2.34. The second-order valence-electron chi connectivity index (χ2n) is 3.55. The second kappa shape index (κ2) is 4.70. The third-order valence-corrected chi connectivity index (χ3v) is 2.20. The Labute approximate surface area is 94.6 Å². The molecule has 82 valence electrons. The van der Waals surface area contributed by atoms with Gasteiger partial charge in [-0.05, 0) is 6.42 Å². The lowest BCUT2D eigenvalue weighted by Crippen LogP contribution is -2.04. The highest BCUT2D eigenvalue weighted by molar-refractivity contribution is 5.55. The van der Waals surface area contributed by atoms with Crippen molar-refractivity contribution in [2.75, 3.05) is 5.73 Å². The van der Waals surface area contributed by atoms with E-state index in [4.69, 9.17) is 5.73 Å². The molecule has 1 heterocycles. The average molecular weight is 214 g/mol. The summed E-state index contributed by atoms with van der Waals surface area (Å²) >= 11 is 0. The van der Waals surface area contributed by atoms with Gasteiger partial charge >= 0.3 is 0 Å². The summed E-state index contributed by atoms with van der Waals surface area (Å²) in [6.45, 7) is 2.09. The number of nitrogens with zero attached hydrogens (tertiary/aromatic N) is 3. The van der Waals surface area contributed by atoms with E-state index in [1.807, 2.05) is 30.3 Å². The highest BCUT2D eigenvalue weighted by Crippen LogP contribution is 2.14. The van der Waals surface area contributed by atoms with Gasteiger partial charge in [0.05, 0.1) is 0 Å². The number of nitrogens with two attached hydrogens (primary N) is 1. The fraction of sp³-hybridized carbons (Fsp3) is 0.250. The summed E-state index contributed by atoms with van der Waals surface area (Å²) in [6.07, 6.45) is 1.82. The maximum absolute atomic E-state index is 5.66. The van der Waals surface area contributed by atoms with Crippen molar-refractivity contribution in [2.24, 2.45) is 0 Å². The van der Waals surface area contributed by atoms with Gasteiger partial charge in [-0.3, -0.25) is 0 Å². The first kappa shape index (κ1) is 10.5. The van der Waals surface area contributed by atoms with Gasteiger partial charge in [0.25, 0.3) is 0 Å². The largest absolute Gasteiger partial charge is 0.368 e. The van der Waals surface area contributed by atoms with Gasteiger partial charge in [0.2, 0.25) is 5.95 Å². The van der Waals surface area contributed by atoms with E-state index >= 15 is 0 Å². The molecule has 0 aliphatic rings. The Balaban J connectivity index is 2.41.